The third-order valence-electron chi connectivity index (χ3n) is 4.08. The Hall–Kier alpha value is -0.120. The van der Waals surface area contributed by atoms with Gasteiger partial charge in [0, 0.05) is 18.7 Å². The summed E-state index contributed by atoms with van der Waals surface area (Å²) < 4.78 is 5.51. The smallest absolute Gasteiger partial charge is 0.0897 e. The van der Waals surface area contributed by atoms with Crippen LogP contribution in [0.1, 0.15) is 59.3 Å². The molecule has 0 aliphatic heterocycles. The van der Waals surface area contributed by atoms with Crippen LogP contribution in [0.5, 0.6) is 0 Å². The number of ether oxygens (including phenoxy) is 1. The Bertz CT molecular complexity index is 209. The molecule has 3 nitrogen and oxygen atoms in total. The molecular weight excluding hydrogens is 226 g/mol. The van der Waals surface area contributed by atoms with Gasteiger partial charge in [0.05, 0.1) is 12.7 Å². The van der Waals surface area contributed by atoms with Gasteiger partial charge >= 0.3 is 0 Å². The van der Waals surface area contributed by atoms with E-state index in [4.69, 9.17) is 4.74 Å². The van der Waals surface area contributed by atoms with E-state index in [-0.39, 0.29) is 6.10 Å². The standard InChI is InChI=1S/C15H31NO2/c1-4-15(8-6-9-15)16-11-14(17)12-18-10-5-7-13(2)3/h13-14,16-17H,4-12H2,1-3H3. The molecule has 0 aromatic rings. The van der Waals surface area contributed by atoms with Gasteiger partial charge in [-0.3, -0.25) is 0 Å². The predicted molar refractivity (Wildman–Crippen MR) is 75.8 cm³/mol. The van der Waals surface area contributed by atoms with Crippen molar-refractivity contribution in [1.29, 1.82) is 0 Å². The van der Waals surface area contributed by atoms with E-state index >= 15 is 0 Å². The molecule has 18 heavy (non-hydrogen) atoms. The monoisotopic (exact) mass is 257 g/mol. The van der Waals surface area contributed by atoms with Crippen molar-refractivity contribution in [3.8, 4) is 0 Å². The van der Waals surface area contributed by atoms with Crippen LogP contribution in [0, 0.1) is 5.92 Å². The Kier molecular flexibility index (Phi) is 7.20. The summed E-state index contributed by atoms with van der Waals surface area (Å²) >= 11 is 0. The Morgan fingerprint density at radius 2 is 2.06 bits per heavy atom. The molecule has 0 aromatic heterocycles. The SMILES string of the molecule is CCC1(NCC(O)COCCCC(C)C)CCC1. The first-order valence-electron chi connectivity index (χ1n) is 7.59. The van der Waals surface area contributed by atoms with Gasteiger partial charge in [-0.1, -0.05) is 20.8 Å². The lowest BCUT2D eigenvalue weighted by atomic mass is 9.75. The van der Waals surface area contributed by atoms with Crippen molar-refractivity contribution in [2.75, 3.05) is 19.8 Å². The van der Waals surface area contributed by atoms with Crippen molar-refractivity contribution in [1.82, 2.24) is 5.32 Å². The molecule has 1 saturated carbocycles. The summed E-state index contributed by atoms with van der Waals surface area (Å²) in [5, 5.41) is 13.4. The number of aliphatic hydroxyl groups excluding tert-OH is 1. The van der Waals surface area contributed by atoms with Gasteiger partial charge in [-0.25, -0.2) is 0 Å². The quantitative estimate of drug-likeness (QED) is 0.591. The van der Waals surface area contributed by atoms with Crippen molar-refractivity contribution in [3.05, 3.63) is 0 Å². The van der Waals surface area contributed by atoms with Gasteiger partial charge in [-0.15, -0.1) is 0 Å². The molecule has 1 rings (SSSR count). The average Bonchev–Trinajstić information content (AvgIpc) is 2.27. The summed E-state index contributed by atoms with van der Waals surface area (Å²) in [6, 6.07) is 0. The fourth-order valence-electron chi connectivity index (χ4n) is 2.47. The summed E-state index contributed by atoms with van der Waals surface area (Å²) in [7, 11) is 0. The molecule has 1 fully saturated rings. The number of hydrogen-bond acceptors (Lipinski definition) is 3. The molecule has 2 N–H and O–H groups in total. The van der Waals surface area contributed by atoms with Crippen LogP contribution in [-0.2, 0) is 4.74 Å². The second-order valence-electron chi connectivity index (χ2n) is 6.13. The van der Waals surface area contributed by atoms with Crippen LogP contribution in [0.2, 0.25) is 0 Å². The fraction of sp³-hybridized carbons (Fsp3) is 1.00. The molecule has 0 spiro atoms. The minimum absolute atomic E-state index is 0.318. The van der Waals surface area contributed by atoms with Crippen molar-refractivity contribution < 1.29 is 9.84 Å². The summed E-state index contributed by atoms with van der Waals surface area (Å²) in [5.74, 6) is 0.739. The van der Waals surface area contributed by atoms with Crippen LogP contribution < -0.4 is 5.32 Å². The van der Waals surface area contributed by atoms with Gasteiger partial charge in [0.25, 0.3) is 0 Å². The minimum Gasteiger partial charge on any atom is -0.389 e. The molecule has 0 bridgehead atoms. The largest absolute Gasteiger partial charge is 0.389 e. The van der Waals surface area contributed by atoms with Crippen molar-refractivity contribution in [2.45, 2.75) is 70.9 Å². The van der Waals surface area contributed by atoms with E-state index in [1.165, 1.54) is 25.7 Å². The highest BCUT2D eigenvalue weighted by Gasteiger charge is 2.34. The lowest BCUT2D eigenvalue weighted by molar-refractivity contribution is 0.0255. The molecule has 0 radical (unpaired) electrons. The Balaban J connectivity index is 1.98. The van der Waals surface area contributed by atoms with Crippen molar-refractivity contribution in [2.24, 2.45) is 5.92 Å². The van der Waals surface area contributed by atoms with E-state index in [9.17, 15) is 5.11 Å². The molecule has 0 aromatic carbocycles. The Morgan fingerprint density at radius 3 is 2.56 bits per heavy atom. The van der Waals surface area contributed by atoms with E-state index in [1.807, 2.05) is 0 Å². The molecule has 1 aliphatic rings. The first-order chi connectivity index (χ1) is 8.58. The lowest BCUT2D eigenvalue weighted by Gasteiger charge is -2.42. The summed E-state index contributed by atoms with van der Waals surface area (Å²) in [6.45, 7) is 8.57. The maximum Gasteiger partial charge on any atom is 0.0897 e. The Labute approximate surface area is 112 Å². The van der Waals surface area contributed by atoms with Crippen LogP contribution in [-0.4, -0.2) is 36.5 Å². The summed E-state index contributed by atoms with van der Waals surface area (Å²) in [5.41, 5.74) is 0.318. The second kappa shape index (κ2) is 8.13. The highest BCUT2D eigenvalue weighted by atomic mass is 16.5. The van der Waals surface area contributed by atoms with E-state index in [1.54, 1.807) is 0 Å². The fourth-order valence-corrected chi connectivity index (χ4v) is 2.47. The Morgan fingerprint density at radius 1 is 1.33 bits per heavy atom. The van der Waals surface area contributed by atoms with E-state index in [2.05, 4.69) is 26.1 Å². The van der Waals surface area contributed by atoms with Crippen molar-refractivity contribution in [3.63, 3.8) is 0 Å². The minimum atomic E-state index is -0.368. The predicted octanol–water partition coefficient (Wildman–Crippen LogP) is 2.72. The maximum atomic E-state index is 9.85. The van der Waals surface area contributed by atoms with Crippen molar-refractivity contribution >= 4 is 0 Å². The van der Waals surface area contributed by atoms with Crippen LogP contribution >= 0.6 is 0 Å². The van der Waals surface area contributed by atoms with Crippen LogP contribution in [0.15, 0.2) is 0 Å². The molecular formula is C15H31NO2. The van der Waals surface area contributed by atoms with Gasteiger partial charge in [-0.2, -0.15) is 0 Å². The normalized spacial score (nSPS) is 19.8. The molecule has 0 heterocycles. The maximum absolute atomic E-state index is 9.85. The highest BCUT2D eigenvalue weighted by molar-refractivity contribution is 4.94. The third-order valence-corrected chi connectivity index (χ3v) is 4.08. The second-order valence-corrected chi connectivity index (χ2v) is 6.13. The van der Waals surface area contributed by atoms with Gasteiger partial charge in [-0.05, 0) is 44.4 Å². The molecule has 1 unspecified atom stereocenters. The van der Waals surface area contributed by atoms with E-state index in [0.717, 1.165) is 25.4 Å². The lowest BCUT2D eigenvalue weighted by Crippen LogP contribution is -2.53. The summed E-state index contributed by atoms with van der Waals surface area (Å²) in [6.07, 6.45) is 6.92. The van der Waals surface area contributed by atoms with Crippen LogP contribution in [0.25, 0.3) is 0 Å². The van der Waals surface area contributed by atoms with E-state index < -0.39 is 0 Å². The zero-order chi connectivity index (χ0) is 13.4. The molecule has 1 atom stereocenters. The van der Waals surface area contributed by atoms with E-state index in [0.29, 0.717) is 18.7 Å². The number of nitrogens with one attached hydrogen (secondary N) is 1. The zero-order valence-electron chi connectivity index (χ0n) is 12.4. The zero-order valence-corrected chi connectivity index (χ0v) is 12.4. The third kappa shape index (κ3) is 5.68. The number of β-amino-alcohol motifs (C(OH)–C–C–N with tert-alkyl or cyclic N) is 1. The molecule has 1 aliphatic carbocycles. The number of rotatable bonds is 10. The first kappa shape index (κ1) is 15.9. The van der Waals surface area contributed by atoms with Gasteiger partial charge < -0.3 is 15.2 Å². The average molecular weight is 257 g/mol. The molecule has 0 amide bonds. The van der Waals surface area contributed by atoms with Gasteiger partial charge in [0.1, 0.15) is 0 Å². The number of aliphatic hydroxyl groups is 1. The van der Waals surface area contributed by atoms with Gasteiger partial charge in [0.2, 0.25) is 0 Å². The first-order valence-corrected chi connectivity index (χ1v) is 7.59. The van der Waals surface area contributed by atoms with Gasteiger partial charge in [0.15, 0.2) is 0 Å². The summed E-state index contributed by atoms with van der Waals surface area (Å²) in [4.78, 5) is 0. The molecule has 0 saturated heterocycles. The molecule has 3 heteroatoms. The van der Waals surface area contributed by atoms with Crippen LogP contribution in [0.3, 0.4) is 0 Å². The number of hydrogen-bond donors (Lipinski definition) is 2. The molecule has 108 valence electrons. The highest BCUT2D eigenvalue weighted by Crippen LogP contribution is 2.34. The topological polar surface area (TPSA) is 41.5 Å². The van der Waals surface area contributed by atoms with Crippen LogP contribution in [0.4, 0.5) is 0 Å².